The van der Waals surface area contributed by atoms with Crippen molar-refractivity contribution in [1.82, 2.24) is 0 Å². The first kappa shape index (κ1) is 5.03. The Hall–Kier alpha value is -1.12. The molecule has 0 saturated carbocycles. The molecule has 8 heavy (non-hydrogen) atoms. The van der Waals surface area contributed by atoms with Gasteiger partial charge in [0, 0.05) is 12.6 Å². The quantitative estimate of drug-likeness (QED) is 0.486. The molecule has 0 atom stereocenters. The van der Waals surface area contributed by atoms with E-state index in [2.05, 4.69) is 9.73 Å². The summed E-state index contributed by atoms with van der Waals surface area (Å²) in [7, 11) is 0. The molecule has 0 aromatic heterocycles. The van der Waals surface area contributed by atoms with Gasteiger partial charge >= 0.3 is 0 Å². The molecule has 0 bridgehead atoms. The van der Waals surface area contributed by atoms with E-state index in [0.29, 0.717) is 18.7 Å². The zero-order valence-corrected chi connectivity index (χ0v) is 4.20. The van der Waals surface area contributed by atoms with Crippen molar-refractivity contribution in [2.24, 2.45) is 4.99 Å². The Balaban J connectivity index is 2.39. The average Bonchev–Trinajstić information content (AvgIpc) is 2.19. The molecule has 0 aromatic carbocycles. The van der Waals surface area contributed by atoms with Crippen LogP contribution in [0.3, 0.4) is 0 Å². The smallest absolute Gasteiger partial charge is 0.298 e. The number of nitrogens with zero attached hydrogens (tertiary/aromatic N) is 1. The standard InChI is InChI=1S/C5H5NO2/c7-4-8-5-1-2-6-3-5/h2-4H,1H2. The van der Waals surface area contributed by atoms with E-state index < -0.39 is 0 Å². The third kappa shape index (κ3) is 0.932. The van der Waals surface area contributed by atoms with Crippen LogP contribution < -0.4 is 0 Å². The maximum absolute atomic E-state index is 9.64. The highest BCUT2D eigenvalue weighted by Gasteiger charge is 1.97. The summed E-state index contributed by atoms with van der Waals surface area (Å²) in [4.78, 5) is 13.4. The van der Waals surface area contributed by atoms with Crippen molar-refractivity contribution in [1.29, 1.82) is 0 Å². The molecule has 3 heteroatoms. The number of carbonyl (C=O) groups is 1. The molecule has 0 fully saturated rings. The van der Waals surface area contributed by atoms with Gasteiger partial charge in [0.05, 0.1) is 6.20 Å². The molecule has 42 valence electrons. The highest BCUT2D eigenvalue weighted by Crippen LogP contribution is 2.04. The van der Waals surface area contributed by atoms with E-state index in [4.69, 9.17) is 0 Å². The zero-order valence-electron chi connectivity index (χ0n) is 4.20. The molecule has 1 aliphatic rings. The lowest BCUT2D eigenvalue weighted by molar-refractivity contribution is -0.125. The minimum atomic E-state index is 0.403. The van der Waals surface area contributed by atoms with E-state index >= 15 is 0 Å². The number of rotatable bonds is 2. The van der Waals surface area contributed by atoms with Crippen LogP contribution in [0.15, 0.2) is 17.0 Å². The van der Waals surface area contributed by atoms with Gasteiger partial charge in [0.2, 0.25) is 0 Å². The van der Waals surface area contributed by atoms with E-state index in [1.807, 2.05) is 0 Å². The number of aliphatic imine (C=N–C) groups is 1. The third-order valence-corrected chi connectivity index (χ3v) is 0.816. The number of allylic oxidation sites excluding steroid dienone is 1. The fraction of sp³-hybridized carbons (Fsp3) is 0.200. The molecular formula is C5H5NO2. The molecule has 0 radical (unpaired) electrons. The predicted molar refractivity (Wildman–Crippen MR) is 28.3 cm³/mol. The van der Waals surface area contributed by atoms with Gasteiger partial charge in [-0.3, -0.25) is 9.79 Å². The fourth-order valence-corrected chi connectivity index (χ4v) is 0.472. The first-order valence-corrected chi connectivity index (χ1v) is 2.24. The van der Waals surface area contributed by atoms with Crippen molar-refractivity contribution in [3.05, 3.63) is 12.0 Å². The van der Waals surface area contributed by atoms with Gasteiger partial charge in [0.25, 0.3) is 6.47 Å². The predicted octanol–water partition coefficient (Wildman–Crippen LogP) is 0.475. The third-order valence-electron chi connectivity index (χ3n) is 0.816. The van der Waals surface area contributed by atoms with Crippen molar-refractivity contribution < 1.29 is 9.53 Å². The van der Waals surface area contributed by atoms with Crippen LogP contribution in [0.5, 0.6) is 0 Å². The lowest BCUT2D eigenvalue weighted by atomic mass is 10.4. The monoisotopic (exact) mass is 111 g/mol. The van der Waals surface area contributed by atoms with Gasteiger partial charge in [-0.15, -0.1) is 0 Å². The van der Waals surface area contributed by atoms with E-state index in [-0.39, 0.29) is 0 Å². The number of hydrogen-bond donors (Lipinski definition) is 0. The molecule has 1 heterocycles. The molecule has 1 rings (SSSR count). The van der Waals surface area contributed by atoms with Crippen LogP contribution in [0.2, 0.25) is 0 Å². The molecule has 0 aromatic rings. The second kappa shape index (κ2) is 2.26. The van der Waals surface area contributed by atoms with Crippen molar-refractivity contribution in [3.63, 3.8) is 0 Å². The van der Waals surface area contributed by atoms with Crippen LogP contribution in [-0.4, -0.2) is 12.7 Å². The van der Waals surface area contributed by atoms with Gasteiger partial charge in [0.1, 0.15) is 5.76 Å². The second-order valence-electron chi connectivity index (χ2n) is 1.35. The topological polar surface area (TPSA) is 38.7 Å². The molecule has 0 unspecified atom stereocenters. The molecule has 0 N–H and O–H groups in total. The van der Waals surface area contributed by atoms with Gasteiger partial charge < -0.3 is 4.74 Å². The molecule has 0 aliphatic carbocycles. The average molecular weight is 111 g/mol. The van der Waals surface area contributed by atoms with Crippen molar-refractivity contribution in [2.75, 3.05) is 0 Å². The molecule has 3 nitrogen and oxygen atoms in total. The second-order valence-corrected chi connectivity index (χ2v) is 1.35. The van der Waals surface area contributed by atoms with Crippen LogP contribution in [0.1, 0.15) is 6.42 Å². The first-order valence-electron chi connectivity index (χ1n) is 2.24. The van der Waals surface area contributed by atoms with Gasteiger partial charge in [-0.05, 0) is 0 Å². The zero-order chi connectivity index (χ0) is 5.82. The Labute approximate surface area is 46.7 Å². The van der Waals surface area contributed by atoms with Gasteiger partial charge in [-0.25, -0.2) is 0 Å². The Bertz CT molecular complexity index is 149. The highest BCUT2D eigenvalue weighted by molar-refractivity contribution is 5.65. The SMILES string of the molecule is O=COC1=CN=CC1. The minimum Gasteiger partial charge on any atom is -0.431 e. The van der Waals surface area contributed by atoms with E-state index in [1.165, 1.54) is 6.20 Å². The van der Waals surface area contributed by atoms with Crippen LogP contribution in [0, 0.1) is 0 Å². The van der Waals surface area contributed by atoms with Crippen LogP contribution >= 0.6 is 0 Å². The Morgan fingerprint density at radius 3 is 3.25 bits per heavy atom. The van der Waals surface area contributed by atoms with Gasteiger partial charge in [-0.1, -0.05) is 0 Å². The number of carbonyl (C=O) groups excluding carboxylic acids is 1. The number of hydrogen-bond acceptors (Lipinski definition) is 3. The van der Waals surface area contributed by atoms with Crippen molar-refractivity contribution in [3.8, 4) is 0 Å². The summed E-state index contributed by atoms with van der Waals surface area (Å²) in [5, 5.41) is 0. The summed E-state index contributed by atoms with van der Waals surface area (Å²) in [6, 6.07) is 0. The van der Waals surface area contributed by atoms with Gasteiger partial charge in [-0.2, -0.15) is 0 Å². The van der Waals surface area contributed by atoms with Crippen LogP contribution in [-0.2, 0) is 9.53 Å². The molecular weight excluding hydrogens is 106 g/mol. The Morgan fingerprint density at radius 2 is 2.75 bits per heavy atom. The van der Waals surface area contributed by atoms with Crippen molar-refractivity contribution >= 4 is 12.7 Å². The summed E-state index contributed by atoms with van der Waals surface area (Å²) in [6.07, 6.45) is 3.84. The molecule has 1 aliphatic heterocycles. The summed E-state index contributed by atoms with van der Waals surface area (Å²) >= 11 is 0. The summed E-state index contributed by atoms with van der Waals surface area (Å²) in [6.45, 7) is 0.403. The maximum Gasteiger partial charge on any atom is 0.298 e. The Kier molecular flexibility index (Phi) is 1.42. The van der Waals surface area contributed by atoms with E-state index in [1.54, 1.807) is 6.21 Å². The molecule has 0 saturated heterocycles. The fourth-order valence-electron chi connectivity index (χ4n) is 0.472. The van der Waals surface area contributed by atoms with Crippen LogP contribution in [0.25, 0.3) is 0 Å². The van der Waals surface area contributed by atoms with Crippen LogP contribution in [0.4, 0.5) is 0 Å². The normalized spacial score (nSPS) is 15.8. The van der Waals surface area contributed by atoms with E-state index in [0.717, 1.165) is 0 Å². The van der Waals surface area contributed by atoms with Crippen molar-refractivity contribution in [2.45, 2.75) is 6.42 Å². The summed E-state index contributed by atoms with van der Waals surface area (Å²) in [5.41, 5.74) is 0. The Morgan fingerprint density at radius 1 is 1.88 bits per heavy atom. The molecule has 0 spiro atoms. The highest BCUT2D eigenvalue weighted by atomic mass is 16.5. The first-order chi connectivity index (χ1) is 3.93. The summed E-state index contributed by atoms with van der Waals surface area (Å²) in [5.74, 6) is 0.611. The summed E-state index contributed by atoms with van der Waals surface area (Å²) < 4.78 is 4.46. The lowest BCUT2D eigenvalue weighted by Crippen LogP contribution is -1.84. The minimum absolute atomic E-state index is 0.403. The lowest BCUT2D eigenvalue weighted by Gasteiger charge is -1.90. The van der Waals surface area contributed by atoms with Gasteiger partial charge in [0.15, 0.2) is 0 Å². The maximum atomic E-state index is 9.64. The van der Waals surface area contributed by atoms with E-state index in [9.17, 15) is 4.79 Å². The number of ether oxygens (including phenoxy) is 1. The largest absolute Gasteiger partial charge is 0.431 e. The molecule has 0 amide bonds.